The van der Waals surface area contributed by atoms with E-state index in [2.05, 4.69) is 26.0 Å². The molecule has 2 aromatic rings. The summed E-state index contributed by atoms with van der Waals surface area (Å²) in [5.41, 5.74) is 1.87. The number of halogens is 3. The van der Waals surface area contributed by atoms with Gasteiger partial charge in [-0.05, 0) is 48.9 Å². The molecule has 0 saturated heterocycles. The molecule has 0 aliphatic carbocycles. The van der Waals surface area contributed by atoms with E-state index in [1.54, 1.807) is 6.07 Å². The average Bonchev–Trinajstić information content (AvgIpc) is 2.50. The second kappa shape index (κ2) is 7.41. The summed E-state index contributed by atoms with van der Waals surface area (Å²) in [5, 5.41) is 2.73. The first kappa shape index (κ1) is 17.2. The lowest BCUT2D eigenvalue weighted by Crippen LogP contribution is -2.12. The molecule has 4 nitrogen and oxygen atoms in total. The van der Waals surface area contributed by atoms with Gasteiger partial charge in [0.2, 0.25) is 0 Å². The number of hydrogen-bond donors (Lipinski definition) is 1. The molecule has 0 fully saturated rings. The molecule has 0 radical (unpaired) electrons. The minimum absolute atomic E-state index is 0.0601. The molecule has 2 rings (SSSR count). The van der Waals surface area contributed by atoms with Crippen LogP contribution in [0.25, 0.3) is 0 Å². The summed E-state index contributed by atoms with van der Waals surface area (Å²) in [4.78, 5) is 12.2. The highest BCUT2D eigenvalue weighted by Crippen LogP contribution is 2.30. The second-order valence-electron chi connectivity index (χ2n) is 4.66. The molecular weight excluding hydrogens is 372 g/mol. The number of rotatable bonds is 5. The lowest BCUT2D eigenvalue weighted by molar-refractivity contribution is -0.0512. The van der Waals surface area contributed by atoms with E-state index in [1.807, 2.05) is 19.1 Å². The predicted octanol–water partition coefficient (Wildman–Crippen LogP) is 4.62. The molecule has 0 saturated carbocycles. The van der Waals surface area contributed by atoms with E-state index >= 15 is 0 Å². The Morgan fingerprint density at radius 2 is 1.91 bits per heavy atom. The number of nitrogens with one attached hydrogen (secondary N) is 1. The first-order chi connectivity index (χ1) is 10.9. The molecule has 122 valence electrons. The van der Waals surface area contributed by atoms with Gasteiger partial charge in [0, 0.05) is 15.7 Å². The zero-order valence-corrected chi connectivity index (χ0v) is 14.0. The van der Waals surface area contributed by atoms with Gasteiger partial charge in [0.15, 0.2) is 11.5 Å². The van der Waals surface area contributed by atoms with Crippen LogP contribution >= 0.6 is 15.9 Å². The summed E-state index contributed by atoms with van der Waals surface area (Å²) in [6, 6.07) is 9.39. The van der Waals surface area contributed by atoms with Gasteiger partial charge < -0.3 is 14.8 Å². The van der Waals surface area contributed by atoms with Crippen molar-refractivity contribution in [3.05, 3.63) is 52.0 Å². The number of methoxy groups -OCH3 is 1. The second-order valence-corrected chi connectivity index (χ2v) is 5.52. The standard InChI is InChI=1S/C16H14BrF2NO3/c1-9-7-11(4-5-12(9)17)20-15(21)10-3-6-13(23-16(18)19)14(8-10)22-2/h3-8,16H,1-2H3,(H,20,21). The first-order valence-electron chi connectivity index (χ1n) is 6.61. The fourth-order valence-corrected chi connectivity index (χ4v) is 2.17. The summed E-state index contributed by atoms with van der Waals surface area (Å²) >= 11 is 3.38. The van der Waals surface area contributed by atoms with Gasteiger partial charge in [-0.1, -0.05) is 15.9 Å². The first-order valence-corrected chi connectivity index (χ1v) is 7.40. The van der Waals surface area contributed by atoms with Crippen molar-refractivity contribution in [2.45, 2.75) is 13.5 Å². The number of anilines is 1. The minimum Gasteiger partial charge on any atom is -0.493 e. The maximum Gasteiger partial charge on any atom is 0.387 e. The SMILES string of the molecule is COc1cc(C(=O)Nc2ccc(Br)c(C)c2)ccc1OC(F)F. The highest BCUT2D eigenvalue weighted by molar-refractivity contribution is 9.10. The van der Waals surface area contributed by atoms with E-state index < -0.39 is 6.61 Å². The molecule has 1 N–H and O–H groups in total. The van der Waals surface area contributed by atoms with E-state index in [1.165, 1.54) is 25.3 Å². The Morgan fingerprint density at radius 1 is 1.17 bits per heavy atom. The molecule has 23 heavy (non-hydrogen) atoms. The molecule has 0 spiro atoms. The fraction of sp³-hybridized carbons (Fsp3) is 0.188. The van der Waals surface area contributed by atoms with Crippen LogP contribution in [-0.2, 0) is 0 Å². The van der Waals surface area contributed by atoms with E-state index in [9.17, 15) is 13.6 Å². The minimum atomic E-state index is -2.96. The predicted molar refractivity (Wildman–Crippen MR) is 86.5 cm³/mol. The molecule has 0 heterocycles. The number of alkyl halides is 2. The highest BCUT2D eigenvalue weighted by Gasteiger charge is 2.14. The fourth-order valence-electron chi connectivity index (χ4n) is 1.93. The van der Waals surface area contributed by atoms with Crippen molar-refractivity contribution in [2.75, 3.05) is 12.4 Å². The third kappa shape index (κ3) is 4.41. The normalized spacial score (nSPS) is 10.5. The maximum atomic E-state index is 12.3. The number of aryl methyl sites for hydroxylation is 1. The van der Waals surface area contributed by atoms with Crippen LogP contribution in [0, 0.1) is 6.92 Å². The Bertz CT molecular complexity index is 722. The summed E-state index contributed by atoms with van der Waals surface area (Å²) in [5.74, 6) is -0.447. The quantitative estimate of drug-likeness (QED) is 0.816. The topological polar surface area (TPSA) is 47.6 Å². The number of hydrogen-bond acceptors (Lipinski definition) is 3. The van der Waals surface area contributed by atoms with Gasteiger partial charge in [0.05, 0.1) is 7.11 Å². The molecule has 2 aromatic carbocycles. The van der Waals surface area contributed by atoms with Crippen molar-refractivity contribution in [1.82, 2.24) is 0 Å². The van der Waals surface area contributed by atoms with Gasteiger partial charge in [-0.2, -0.15) is 8.78 Å². The van der Waals surface area contributed by atoms with Crippen molar-refractivity contribution in [3.8, 4) is 11.5 Å². The van der Waals surface area contributed by atoms with Crippen LogP contribution in [-0.4, -0.2) is 19.6 Å². The molecule has 0 atom stereocenters. The number of benzene rings is 2. The largest absolute Gasteiger partial charge is 0.493 e. The number of carbonyl (C=O) groups excluding carboxylic acids is 1. The van der Waals surface area contributed by atoms with Gasteiger partial charge in [-0.25, -0.2) is 0 Å². The van der Waals surface area contributed by atoms with Crippen molar-refractivity contribution in [2.24, 2.45) is 0 Å². The molecule has 1 amide bonds. The molecule has 0 aliphatic heterocycles. The van der Waals surface area contributed by atoms with Crippen LogP contribution in [0.1, 0.15) is 15.9 Å². The van der Waals surface area contributed by atoms with Gasteiger partial charge >= 0.3 is 6.61 Å². The smallest absolute Gasteiger partial charge is 0.387 e. The van der Waals surface area contributed by atoms with Crippen LogP contribution in [0.4, 0.5) is 14.5 Å². The van der Waals surface area contributed by atoms with Crippen molar-refractivity contribution >= 4 is 27.5 Å². The Hall–Kier alpha value is -2.15. The molecule has 7 heteroatoms. The third-order valence-electron chi connectivity index (χ3n) is 3.06. The van der Waals surface area contributed by atoms with Crippen molar-refractivity contribution < 1.29 is 23.0 Å². The molecule has 0 aromatic heterocycles. The van der Waals surface area contributed by atoms with Gasteiger partial charge in [0.1, 0.15) is 0 Å². The van der Waals surface area contributed by atoms with Crippen LogP contribution in [0.3, 0.4) is 0 Å². The van der Waals surface area contributed by atoms with Gasteiger partial charge in [-0.15, -0.1) is 0 Å². The lowest BCUT2D eigenvalue weighted by atomic mass is 10.1. The van der Waals surface area contributed by atoms with Crippen molar-refractivity contribution in [1.29, 1.82) is 0 Å². The zero-order valence-electron chi connectivity index (χ0n) is 12.4. The van der Waals surface area contributed by atoms with Crippen molar-refractivity contribution in [3.63, 3.8) is 0 Å². The van der Waals surface area contributed by atoms with Crippen LogP contribution < -0.4 is 14.8 Å². The number of carbonyl (C=O) groups is 1. The Labute approximate surface area is 140 Å². The molecule has 0 bridgehead atoms. The van der Waals surface area contributed by atoms with E-state index in [-0.39, 0.29) is 23.0 Å². The summed E-state index contributed by atoms with van der Waals surface area (Å²) in [6.45, 7) is -1.06. The number of ether oxygens (including phenoxy) is 2. The van der Waals surface area contributed by atoms with E-state index in [4.69, 9.17) is 4.74 Å². The van der Waals surface area contributed by atoms with Crippen LogP contribution in [0.2, 0.25) is 0 Å². The third-order valence-corrected chi connectivity index (χ3v) is 3.95. The molecule has 0 unspecified atom stereocenters. The Morgan fingerprint density at radius 3 is 2.52 bits per heavy atom. The summed E-state index contributed by atoms with van der Waals surface area (Å²) in [7, 11) is 1.31. The van der Waals surface area contributed by atoms with Gasteiger partial charge in [0.25, 0.3) is 5.91 Å². The summed E-state index contributed by atoms with van der Waals surface area (Å²) < 4.78 is 34.8. The molecular formula is C16H14BrF2NO3. The maximum absolute atomic E-state index is 12.3. The Balaban J connectivity index is 2.20. The monoisotopic (exact) mass is 385 g/mol. The Kier molecular flexibility index (Phi) is 5.54. The van der Waals surface area contributed by atoms with E-state index in [0.29, 0.717) is 5.69 Å². The van der Waals surface area contributed by atoms with E-state index in [0.717, 1.165) is 10.0 Å². The summed E-state index contributed by atoms with van der Waals surface area (Å²) in [6.07, 6.45) is 0. The lowest BCUT2D eigenvalue weighted by Gasteiger charge is -2.12. The van der Waals surface area contributed by atoms with Crippen LogP contribution in [0.15, 0.2) is 40.9 Å². The van der Waals surface area contributed by atoms with Gasteiger partial charge in [-0.3, -0.25) is 4.79 Å². The van der Waals surface area contributed by atoms with Crippen LogP contribution in [0.5, 0.6) is 11.5 Å². The molecule has 0 aliphatic rings. The average molecular weight is 386 g/mol. The highest BCUT2D eigenvalue weighted by atomic mass is 79.9. The number of amides is 1. The zero-order chi connectivity index (χ0) is 17.0.